The second kappa shape index (κ2) is 7.58. The quantitative estimate of drug-likeness (QED) is 0.605. The van der Waals surface area contributed by atoms with Crippen LogP contribution in [0.25, 0.3) is 0 Å². The molecule has 1 rings (SSSR count). The molecule has 0 aliphatic carbocycles. The molecule has 1 amide bonds. The van der Waals surface area contributed by atoms with Gasteiger partial charge in [-0.15, -0.1) is 0 Å². The van der Waals surface area contributed by atoms with Crippen LogP contribution in [0.5, 0.6) is 0 Å². The minimum atomic E-state index is -0.214. The predicted octanol–water partition coefficient (Wildman–Crippen LogP) is 0.297. The molecule has 5 N–H and O–H groups in total. The van der Waals surface area contributed by atoms with Gasteiger partial charge in [0.15, 0.2) is 5.78 Å². The molecule has 0 radical (unpaired) electrons. The summed E-state index contributed by atoms with van der Waals surface area (Å²) in [5, 5.41) is 2.66. The largest absolute Gasteiger partial charge is 0.351 e. The fourth-order valence-corrected chi connectivity index (χ4v) is 1.53. The number of Topliss-reactive ketones (excluding diaryl/α,β-unsaturated/α-hetero) is 1. The van der Waals surface area contributed by atoms with E-state index in [1.165, 1.54) is 0 Å². The third-order valence-electron chi connectivity index (χ3n) is 2.48. The molecule has 0 bridgehead atoms. The number of nitrogens with two attached hydrogens (primary N) is 2. The molecular formula is C13H19N3O2. The van der Waals surface area contributed by atoms with E-state index >= 15 is 0 Å². The standard InChI is InChI=1S/C13H19N3O2/c14-6-2-5-12(17)10-3-1-4-11(9-10)13(18)16-8-7-15/h1,3-4,9H,2,5-8,14-15H2,(H,16,18). The Morgan fingerprint density at radius 1 is 1.11 bits per heavy atom. The number of amides is 1. The normalized spacial score (nSPS) is 10.1. The Labute approximate surface area is 107 Å². The molecule has 0 aliphatic rings. The molecule has 18 heavy (non-hydrogen) atoms. The van der Waals surface area contributed by atoms with Crippen molar-refractivity contribution in [1.29, 1.82) is 0 Å². The van der Waals surface area contributed by atoms with Gasteiger partial charge in [0, 0.05) is 30.6 Å². The zero-order valence-electron chi connectivity index (χ0n) is 10.3. The smallest absolute Gasteiger partial charge is 0.251 e. The van der Waals surface area contributed by atoms with Crippen LogP contribution < -0.4 is 16.8 Å². The minimum absolute atomic E-state index is 0.00826. The van der Waals surface area contributed by atoms with Crippen LogP contribution in [0.4, 0.5) is 0 Å². The molecule has 0 aromatic heterocycles. The van der Waals surface area contributed by atoms with Crippen LogP contribution in [0, 0.1) is 0 Å². The summed E-state index contributed by atoms with van der Waals surface area (Å²) in [4.78, 5) is 23.5. The number of ketones is 1. The first-order valence-corrected chi connectivity index (χ1v) is 6.00. The molecular weight excluding hydrogens is 230 g/mol. The highest BCUT2D eigenvalue weighted by atomic mass is 16.1. The minimum Gasteiger partial charge on any atom is -0.351 e. The van der Waals surface area contributed by atoms with Crippen LogP contribution in [-0.2, 0) is 0 Å². The zero-order chi connectivity index (χ0) is 13.4. The van der Waals surface area contributed by atoms with Gasteiger partial charge in [-0.1, -0.05) is 12.1 Å². The average molecular weight is 249 g/mol. The molecule has 0 unspecified atom stereocenters. The lowest BCUT2D eigenvalue weighted by Crippen LogP contribution is -2.29. The van der Waals surface area contributed by atoms with E-state index in [4.69, 9.17) is 11.5 Å². The second-order valence-corrected chi connectivity index (χ2v) is 3.94. The summed E-state index contributed by atoms with van der Waals surface area (Å²) >= 11 is 0. The Morgan fingerprint density at radius 2 is 1.83 bits per heavy atom. The van der Waals surface area contributed by atoms with Gasteiger partial charge < -0.3 is 16.8 Å². The van der Waals surface area contributed by atoms with Crippen molar-refractivity contribution in [1.82, 2.24) is 5.32 Å². The van der Waals surface area contributed by atoms with Gasteiger partial charge in [-0.05, 0) is 25.1 Å². The van der Waals surface area contributed by atoms with Crippen molar-refractivity contribution in [2.75, 3.05) is 19.6 Å². The average Bonchev–Trinajstić information content (AvgIpc) is 2.42. The van der Waals surface area contributed by atoms with Crippen LogP contribution >= 0.6 is 0 Å². The maximum absolute atomic E-state index is 11.8. The van der Waals surface area contributed by atoms with E-state index in [1.54, 1.807) is 24.3 Å². The highest BCUT2D eigenvalue weighted by Gasteiger charge is 2.09. The van der Waals surface area contributed by atoms with Gasteiger partial charge in [0.1, 0.15) is 0 Å². The summed E-state index contributed by atoms with van der Waals surface area (Å²) in [7, 11) is 0. The molecule has 0 saturated carbocycles. The van der Waals surface area contributed by atoms with Crippen LogP contribution in [0.15, 0.2) is 24.3 Å². The van der Waals surface area contributed by atoms with Crippen molar-refractivity contribution < 1.29 is 9.59 Å². The van der Waals surface area contributed by atoms with E-state index in [0.717, 1.165) is 0 Å². The summed E-state index contributed by atoms with van der Waals surface area (Å²) < 4.78 is 0. The molecule has 0 fully saturated rings. The summed E-state index contributed by atoms with van der Waals surface area (Å²) in [5.41, 5.74) is 11.7. The summed E-state index contributed by atoms with van der Waals surface area (Å²) in [6.45, 7) is 1.30. The lowest BCUT2D eigenvalue weighted by atomic mass is 10.0. The van der Waals surface area contributed by atoms with Crippen molar-refractivity contribution in [2.24, 2.45) is 11.5 Å². The number of rotatable bonds is 7. The topological polar surface area (TPSA) is 98.2 Å². The predicted molar refractivity (Wildman–Crippen MR) is 70.4 cm³/mol. The van der Waals surface area contributed by atoms with Gasteiger partial charge in [-0.25, -0.2) is 0 Å². The van der Waals surface area contributed by atoms with Crippen LogP contribution in [0.2, 0.25) is 0 Å². The highest BCUT2D eigenvalue weighted by Crippen LogP contribution is 2.09. The molecule has 0 atom stereocenters. The molecule has 1 aromatic carbocycles. The SMILES string of the molecule is NCCCC(=O)c1cccc(C(=O)NCCN)c1. The molecule has 0 aliphatic heterocycles. The van der Waals surface area contributed by atoms with Gasteiger partial charge in [0.2, 0.25) is 0 Å². The van der Waals surface area contributed by atoms with Gasteiger partial charge in [-0.2, -0.15) is 0 Å². The van der Waals surface area contributed by atoms with E-state index in [9.17, 15) is 9.59 Å². The van der Waals surface area contributed by atoms with Gasteiger partial charge in [-0.3, -0.25) is 9.59 Å². The van der Waals surface area contributed by atoms with Crippen molar-refractivity contribution in [2.45, 2.75) is 12.8 Å². The molecule has 0 saturated heterocycles. The Hall–Kier alpha value is -1.72. The number of benzene rings is 1. The van der Waals surface area contributed by atoms with Crippen molar-refractivity contribution in [3.05, 3.63) is 35.4 Å². The van der Waals surface area contributed by atoms with Crippen molar-refractivity contribution >= 4 is 11.7 Å². The second-order valence-electron chi connectivity index (χ2n) is 3.94. The highest BCUT2D eigenvalue weighted by molar-refractivity contribution is 6.00. The summed E-state index contributed by atoms with van der Waals surface area (Å²) in [5.74, 6) is -0.206. The van der Waals surface area contributed by atoms with Crippen molar-refractivity contribution in [3.8, 4) is 0 Å². The molecule has 98 valence electrons. The number of nitrogens with one attached hydrogen (secondary N) is 1. The van der Waals surface area contributed by atoms with E-state index in [0.29, 0.717) is 43.6 Å². The Balaban J connectivity index is 2.72. The van der Waals surface area contributed by atoms with Gasteiger partial charge >= 0.3 is 0 Å². The van der Waals surface area contributed by atoms with E-state index in [1.807, 2.05) is 0 Å². The Morgan fingerprint density at radius 3 is 2.50 bits per heavy atom. The first-order valence-electron chi connectivity index (χ1n) is 6.00. The van der Waals surface area contributed by atoms with E-state index in [-0.39, 0.29) is 11.7 Å². The number of carbonyl (C=O) groups excluding carboxylic acids is 2. The number of hydrogen-bond acceptors (Lipinski definition) is 4. The third-order valence-corrected chi connectivity index (χ3v) is 2.48. The van der Waals surface area contributed by atoms with Crippen LogP contribution in [-0.4, -0.2) is 31.3 Å². The fourth-order valence-electron chi connectivity index (χ4n) is 1.53. The summed E-state index contributed by atoms with van der Waals surface area (Å²) in [6, 6.07) is 6.68. The Kier molecular flexibility index (Phi) is 6.04. The first-order chi connectivity index (χ1) is 8.69. The van der Waals surface area contributed by atoms with Crippen molar-refractivity contribution in [3.63, 3.8) is 0 Å². The molecule has 0 heterocycles. The van der Waals surface area contributed by atoms with E-state index < -0.39 is 0 Å². The molecule has 1 aromatic rings. The monoisotopic (exact) mass is 249 g/mol. The zero-order valence-corrected chi connectivity index (χ0v) is 10.3. The van der Waals surface area contributed by atoms with E-state index in [2.05, 4.69) is 5.32 Å². The number of hydrogen-bond donors (Lipinski definition) is 3. The lowest BCUT2D eigenvalue weighted by molar-refractivity contribution is 0.0954. The van der Waals surface area contributed by atoms with Crippen LogP contribution in [0.1, 0.15) is 33.6 Å². The molecule has 0 spiro atoms. The van der Waals surface area contributed by atoms with Gasteiger partial charge in [0.05, 0.1) is 0 Å². The lowest BCUT2D eigenvalue weighted by Gasteiger charge is -2.05. The molecule has 5 heteroatoms. The third kappa shape index (κ3) is 4.27. The first kappa shape index (κ1) is 14.3. The van der Waals surface area contributed by atoms with Gasteiger partial charge in [0.25, 0.3) is 5.91 Å². The summed E-state index contributed by atoms with van der Waals surface area (Å²) in [6.07, 6.45) is 1.06. The fraction of sp³-hybridized carbons (Fsp3) is 0.385. The van der Waals surface area contributed by atoms with Crippen LogP contribution in [0.3, 0.4) is 0 Å². The Bertz CT molecular complexity index is 383. The maximum Gasteiger partial charge on any atom is 0.251 e. The molecule has 5 nitrogen and oxygen atoms in total. The maximum atomic E-state index is 11.8. The number of carbonyl (C=O) groups is 2.